The van der Waals surface area contributed by atoms with Crippen molar-refractivity contribution < 1.29 is 9.31 Å². The van der Waals surface area contributed by atoms with Crippen LogP contribution in [0.1, 0.15) is 5.56 Å². The lowest BCUT2D eigenvalue weighted by Crippen LogP contribution is -2.38. The van der Waals surface area contributed by atoms with Crippen LogP contribution in [0.5, 0.6) is 0 Å². The Hall–Kier alpha value is 0.190. The van der Waals surface area contributed by atoms with Crippen LogP contribution >= 0.6 is 27.3 Å². The zero-order valence-electron chi connectivity index (χ0n) is 8.19. The van der Waals surface area contributed by atoms with Crippen molar-refractivity contribution in [1.29, 1.82) is 0 Å². The van der Waals surface area contributed by atoms with Gasteiger partial charge in [0, 0.05) is 0 Å². The first kappa shape index (κ1) is 10.4. The molecule has 0 saturated carbocycles. The van der Waals surface area contributed by atoms with Gasteiger partial charge in [-0.3, -0.25) is 0 Å². The summed E-state index contributed by atoms with van der Waals surface area (Å²) >= 11 is 5.30. The molecule has 0 atom stereocenters. The Morgan fingerprint density at radius 3 is 2.53 bits per heavy atom. The molecule has 2 saturated heterocycles. The van der Waals surface area contributed by atoms with Gasteiger partial charge in [0.2, 0.25) is 0 Å². The largest absolute Gasteiger partial charge is 0.424 e. The standard InChI is InChI=1S/C8H10B2BrNO2S/c11-8-7(2-4-15-8)1-3-12(9-5-13-9)10-6-14-10/h2,4H,1,3,5-6H2. The van der Waals surface area contributed by atoms with E-state index >= 15 is 0 Å². The third kappa shape index (κ3) is 2.47. The van der Waals surface area contributed by atoms with Gasteiger partial charge < -0.3 is 14.0 Å². The van der Waals surface area contributed by atoms with E-state index in [9.17, 15) is 0 Å². The number of hydrogen-bond donors (Lipinski definition) is 0. The van der Waals surface area contributed by atoms with Gasteiger partial charge in [0.25, 0.3) is 0 Å². The molecule has 0 amide bonds. The molecule has 0 unspecified atom stereocenters. The van der Waals surface area contributed by atoms with Crippen LogP contribution in [0, 0.1) is 0 Å². The number of thiophene rings is 1. The smallest absolute Gasteiger partial charge is 0.398 e. The van der Waals surface area contributed by atoms with Crippen molar-refractivity contribution in [2.75, 3.05) is 19.6 Å². The van der Waals surface area contributed by atoms with E-state index in [0.717, 1.165) is 26.0 Å². The Morgan fingerprint density at radius 1 is 1.40 bits per heavy atom. The second kappa shape index (κ2) is 4.22. The van der Waals surface area contributed by atoms with Crippen molar-refractivity contribution in [2.24, 2.45) is 0 Å². The van der Waals surface area contributed by atoms with E-state index in [-0.39, 0.29) is 0 Å². The van der Waals surface area contributed by atoms with Crippen molar-refractivity contribution in [3.05, 3.63) is 20.8 Å². The van der Waals surface area contributed by atoms with E-state index in [0.29, 0.717) is 14.1 Å². The highest BCUT2D eigenvalue weighted by molar-refractivity contribution is 9.11. The van der Waals surface area contributed by atoms with Crippen LogP contribution in [0.25, 0.3) is 0 Å². The van der Waals surface area contributed by atoms with E-state index < -0.39 is 0 Å². The number of nitrogens with zero attached hydrogens (tertiary/aromatic N) is 1. The molecule has 7 heteroatoms. The molecule has 3 heterocycles. The van der Waals surface area contributed by atoms with Gasteiger partial charge in [-0.25, -0.2) is 0 Å². The summed E-state index contributed by atoms with van der Waals surface area (Å²) in [5.41, 5.74) is 1.38. The Labute approximate surface area is 102 Å². The van der Waals surface area contributed by atoms with Gasteiger partial charge in [0.1, 0.15) is 0 Å². The molecule has 15 heavy (non-hydrogen) atoms. The van der Waals surface area contributed by atoms with Crippen molar-refractivity contribution in [1.82, 2.24) is 4.72 Å². The normalized spacial score (nSPS) is 18.8. The van der Waals surface area contributed by atoms with E-state index in [2.05, 4.69) is 32.1 Å². The van der Waals surface area contributed by atoms with Gasteiger partial charge in [-0.2, -0.15) is 0 Å². The first-order chi connectivity index (χ1) is 7.34. The SMILES string of the molecule is Brc1sccc1CCN(B1CO1)B1CO1. The van der Waals surface area contributed by atoms with Crippen LogP contribution in [-0.2, 0) is 15.7 Å². The van der Waals surface area contributed by atoms with Gasteiger partial charge in [0.15, 0.2) is 0 Å². The van der Waals surface area contributed by atoms with E-state index in [1.807, 2.05) is 0 Å². The quantitative estimate of drug-likeness (QED) is 0.606. The first-order valence-electron chi connectivity index (χ1n) is 5.05. The molecule has 2 aliphatic rings. The van der Waals surface area contributed by atoms with Crippen molar-refractivity contribution in [2.45, 2.75) is 6.42 Å². The highest BCUT2D eigenvalue weighted by Gasteiger charge is 2.48. The fourth-order valence-electron chi connectivity index (χ4n) is 1.69. The second-order valence-corrected chi connectivity index (χ2v) is 6.02. The molecule has 0 radical (unpaired) electrons. The fourth-order valence-corrected chi connectivity index (χ4v) is 3.02. The zero-order valence-corrected chi connectivity index (χ0v) is 10.6. The third-order valence-corrected chi connectivity index (χ3v) is 4.52. The molecule has 78 valence electrons. The first-order valence-corrected chi connectivity index (χ1v) is 6.72. The summed E-state index contributed by atoms with van der Waals surface area (Å²) < 4.78 is 14.2. The highest BCUT2D eigenvalue weighted by atomic mass is 79.9. The Morgan fingerprint density at radius 2 is 2.07 bits per heavy atom. The Balaban J connectivity index is 1.57. The summed E-state index contributed by atoms with van der Waals surface area (Å²) in [5, 5.41) is 2.12. The highest BCUT2D eigenvalue weighted by Crippen LogP contribution is 2.25. The van der Waals surface area contributed by atoms with E-state index in [1.165, 1.54) is 9.35 Å². The van der Waals surface area contributed by atoms with Crippen LogP contribution < -0.4 is 0 Å². The van der Waals surface area contributed by atoms with Crippen molar-refractivity contribution in [3.8, 4) is 0 Å². The molecule has 0 spiro atoms. The zero-order chi connectivity index (χ0) is 10.3. The molecule has 2 fully saturated rings. The summed E-state index contributed by atoms with van der Waals surface area (Å²) in [4.78, 5) is 0. The molecular weight excluding hydrogens is 276 g/mol. The summed E-state index contributed by atoms with van der Waals surface area (Å²) in [7, 11) is 0.629. The van der Waals surface area contributed by atoms with Crippen molar-refractivity contribution >= 4 is 41.4 Å². The summed E-state index contributed by atoms with van der Waals surface area (Å²) in [6.45, 7) is 2.75. The predicted molar refractivity (Wildman–Crippen MR) is 65.8 cm³/mol. The minimum absolute atomic E-state index is 0.315. The minimum Gasteiger partial charge on any atom is -0.424 e. The lowest BCUT2D eigenvalue weighted by atomic mass is 9.76. The average Bonchev–Trinajstić information content (AvgIpc) is 3.11. The Kier molecular flexibility index (Phi) is 2.91. The fraction of sp³-hybridized carbons (Fsp3) is 0.500. The average molecular weight is 286 g/mol. The van der Waals surface area contributed by atoms with Crippen molar-refractivity contribution in [3.63, 3.8) is 0 Å². The molecule has 3 nitrogen and oxygen atoms in total. The summed E-state index contributed by atoms with van der Waals surface area (Å²) in [5.74, 6) is 0. The van der Waals surface area contributed by atoms with Crippen LogP contribution in [0.3, 0.4) is 0 Å². The molecule has 3 rings (SSSR count). The molecule has 0 aliphatic carbocycles. The van der Waals surface area contributed by atoms with Crippen LogP contribution in [0.15, 0.2) is 15.2 Å². The maximum atomic E-state index is 5.31. The predicted octanol–water partition coefficient (Wildman–Crippen LogP) is 1.47. The number of hydrogen-bond acceptors (Lipinski definition) is 4. The van der Waals surface area contributed by atoms with E-state index in [1.54, 1.807) is 11.3 Å². The molecule has 0 N–H and O–H groups in total. The second-order valence-electron chi connectivity index (χ2n) is 3.78. The van der Waals surface area contributed by atoms with Gasteiger partial charge in [-0.1, -0.05) is 0 Å². The van der Waals surface area contributed by atoms with E-state index in [4.69, 9.17) is 9.31 Å². The molecule has 1 aromatic rings. The minimum atomic E-state index is 0.315. The van der Waals surface area contributed by atoms with Gasteiger partial charge in [0.05, 0.1) is 16.8 Å². The lowest BCUT2D eigenvalue weighted by Gasteiger charge is -2.14. The number of halogens is 1. The topological polar surface area (TPSA) is 28.3 Å². The molecule has 1 aromatic heterocycles. The van der Waals surface area contributed by atoms with Crippen LogP contribution in [0.4, 0.5) is 0 Å². The van der Waals surface area contributed by atoms with Crippen LogP contribution in [-0.4, -0.2) is 38.4 Å². The lowest BCUT2D eigenvalue weighted by molar-refractivity contribution is 0.494. The third-order valence-electron chi connectivity index (χ3n) is 2.70. The maximum Gasteiger partial charge on any atom is 0.398 e. The monoisotopic (exact) mass is 285 g/mol. The summed E-state index contributed by atoms with van der Waals surface area (Å²) in [6, 6.07) is 2.18. The van der Waals surface area contributed by atoms with Gasteiger partial charge in [-0.05, 0) is 45.9 Å². The number of rotatable bonds is 5. The molecule has 0 aromatic carbocycles. The maximum absolute atomic E-state index is 5.31. The molecule has 0 bridgehead atoms. The molecular formula is C8H10B2BrNO2S. The van der Waals surface area contributed by atoms with Crippen LogP contribution in [0.2, 0.25) is 0 Å². The Bertz CT molecular complexity index is 344. The summed E-state index contributed by atoms with van der Waals surface area (Å²) in [6.07, 6.45) is 1.06. The molecule has 2 aliphatic heterocycles. The van der Waals surface area contributed by atoms with Gasteiger partial charge in [-0.15, -0.1) is 11.3 Å². The van der Waals surface area contributed by atoms with Gasteiger partial charge >= 0.3 is 14.1 Å².